The summed E-state index contributed by atoms with van der Waals surface area (Å²) in [5.41, 5.74) is 1.07. The van der Waals surface area contributed by atoms with E-state index in [1.165, 1.54) is 0 Å². The van der Waals surface area contributed by atoms with Gasteiger partial charge in [-0.15, -0.1) is 0 Å². The van der Waals surface area contributed by atoms with Crippen LogP contribution in [0.1, 0.15) is 37.9 Å². The average Bonchev–Trinajstić information content (AvgIpc) is 2.96. The van der Waals surface area contributed by atoms with E-state index in [0.717, 1.165) is 31.4 Å². The summed E-state index contributed by atoms with van der Waals surface area (Å²) in [5.74, 6) is 0.283. The lowest BCUT2D eigenvalue weighted by Crippen LogP contribution is -2.46. The zero-order valence-electron chi connectivity index (χ0n) is 12.8. The second kappa shape index (κ2) is 6.99. The van der Waals surface area contributed by atoms with Crippen molar-refractivity contribution in [2.45, 2.75) is 44.4 Å². The molecule has 2 N–H and O–H groups in total. The maximum atomic E-state index is 12.5. The first-order chi connectivity index (χ1) is 10.6. The molecule has 5 heteroatoms. The molecule has 0 spiro atoms. The smallest absolute Gasteiger partial charge is 0.223 e. The molecule has 1 aromatic rings. The van der Waals surface area contributed by atoms with Crippen LogP contribution < -0.4 is 10.6 Å². The van der Waals surface area contributed by atoms with E-state index in [-0.39, 0.29) is 24.0 Å². The molecule has 4 atom stereocenters. The SMILES string of the molecule is C[C@H]1C[C@@H](C(=O)NC2CCOC2c2ccc(Cl)cc2)CCN1. The van der Waals surface area contributed by atoms with E-state index in [0.29, 0.717) is 17.7 Å². The summed E-state index contributed by atoms with van der Waals surface area (Å²) >= 11 is 5.94. The summed E-state index contributed by atoms with van der Waals surface area (Å²) in [6.45, 7) is 3.73. The standard InChI is InChI=1S/C17H23ClN2O2/c1-11-10-13(6-8-19-11)17(21)20-15-7-9-22-16(15)12-2-4-14(18)5-3-12/h2-5,11,13,15-16,19H,6-10H2,1H3,(H,20,21)/t11-,13-,15?,16?/m0/s1. The molecule has 1 amide bonds. The second-order valence-corrected chi connectivity index (χ2v) is 6.76. The molecule has 0 aromatic heterocycles. The molecule has 2 heterocycles. The molecule has 0 saturated carbocycles. The van der Waals surface area contributed by atoms with Gasteiger partial charge in [-0.25, -0.2) is 0 Å². The van der Waals surface area contributed by atoms with Crippen molar-refractivity contribution in [2.75, 3.05) is 13.2 Å². The van der Waals surface area contributed by atoms with Crippen LogP contribution in [-0.4, -0.2) is 31.1 Å². The van der Waals surface area contributed by atoms with Gasteiger partial charge in [0.25, 0.3) is 0 Å². The Morgan fingerprint density at radius 1 is 1.32 bits per heavy atom. The Bertz CT molecular complexity index is 520. The third kappa shape index (κ3) is 3.62. The van der Waals surface area contributed by atoms with Gasteiger partial charge in [0.2, 0.25) is 5.91 Å². The highest BCUT2D eigenvalue weighted by Gasteiger charge is 2.33. The molecule has 2 fully saturated rings. The Morgan fingerprint density at radius 3 is 2.82 bits per heavy atom. The maximum Gasteiger partial charge on any atom is 0.223 e. The summed E-state index contributed by atoms with van der Waals surface area (Å²) in [6.07, 6.45) is 2.61. The van der Waals surface area contributed by atoms with Crippen molar-refractivity contribution in [2.24, 2.45) is 5.92 Å². The normalized spacial score (nSPS) is 31.9. The van der Waals surface area contributed by atoms with Crippen molar-refractivity contribution < 1.29 is 9.53 Å². The van der Waals surface area contributed by atoms with Gasteiger partial charge >= 0.3 is 0 Å². The molecule has 22 heavy (non-hydrogen) atoms. The van der Waals surface area contributed by atoms with Crippen molar-refractivity contribution >= 4 is 17.5 Å². The number of carbonyl (C=O) groups excluding carboxylic acids is 1. The molecular formula is C17H23ClN2O2. The molecular weight excluding hydrogens is 300 g/mol. The molecule has 0 radical (unpaired) electrons. The minimum atomic E-state index is -0.0691. The number of halogens is 1. The van der Waals surface area contributed by atoms with E-state index in [1.807, 2.05) is 24.3 Å². The zero-order chi connectivity index (χ0) is 15.5. The van der Waals surface area contributed by atoms with Crippen LogP contribution in [0.5, 0.6) is 0 Å². The Morgan fingerprint density at radius 2 is 2.09 bits per heavy atom. The van der Waals surface area contributed by atoms with Crippen LogP contribution in [0.25, 0.3) is 0 Å². The molecule has 120 valence electrons. The first-order valence-electron chi connectivity index (χ1n) is 8.04. The van der Waals surface area contributed by atoms with Crippen LogP contribution in [0.2, 0.25) is 5.02 Å². The van der Waals surface area contributed by atoms with Gasteiger partial charge in [-0.05, 0) is 50.4 Å². The molecule has 4 nitrogen and oxygen atoms in total. The number of rotatable bonds is 3. The second-order valence-electron chi connectivity index (χ2n) is 6.32. The fourth-order valence-electron chi connectivity index (χ4n) is 3.39. The van der Waals surface area contributed by atoms with Crippen molar-refractivity contribution in [3.8, 4) is 0 Å². The maximum absolute atomic E-state index is 12.5. The summed E-state index contributed by atoms with van der Waals surface area (Å²) in [4.78, 5) is 12.5. The van der Waals surface area contributed by atoms with E-state index < -0.39 is 0 Å². The predicted molar refractivity (Wildman–Crippen MR) is 86.9 cm³/mol. The van der Waals surface area contributed by atoms with Gasteiger partial charge in [0.15, 0.2) is 0 Å². The largest absolute Gasteiger partial charge is 0.371 e. The summed E-state index contributed by atoms with van der Waals surface area (Å²) in [6, 6.07) is 8.15. The van der Waals surface area contributed by atoms with E-state index in [1.54, 1.807) is 0 Å². The van der Waals surface area contributed by atoms with Crippen molar-refractivity contribution in [3.05, 3.63) is 34.9 Å². The van der Waals surface area contributed by atoms with Gasteiger partial charge in [-0.1, -0.05) is 23.7 Å². The van der Waals surface area contributed by atoms with Crippen LogP contribution >= 0.6 is 11.6 Å². The minimum Gasteiger partial charge on any atom is -0.371 e. The summed E-state index contributed by atoms with van der Waals surface area (Å²) in [5, 5.41) is 7.30. The minimum absolute atomic E-state index is 0.0545. The number of amides is 1. The number of hydrogen-bond acceptors (Lipinski definition) is 3. The van der Waals surface area contributed by atoms with E-state index >= 15 is 0 Å². The Balaban J connectivity index is 1.63. The van der Waals surface area contributed by atoms with Gasteiger partial charge in [-0.2, -0.15) is 0 Å². The van der Waals surface area contributed by atoms with Gasteiger partial charge in [0.05, 0.1) is 6.04 Å². The van der Waals surface area contributed by atoms with E-state index in [9.17, 15) is 4.79 Å². The molecule has 1 aromatic carbocycles. The average molecular weight is 323 g/mol. The number of piperidine rings is 1. The molecule has 3 rings (SSSR count). The third-order valence-corrected chi connectivity index (χ3v) is 4.86. The predicted octanol–water partition coefficient (Wildman–Crippen LogP) is 2.67. The number of ether oxygens (including phenoxy) is 1. The molecule has 2 aliphatic heterocycles. The summed E-state index contributed by atoms with van der Waals surface area (Å²) < 4.78 is 5.83. The molecule has 2 unspecified atom stereocenters. The topological polar surface area (TPSA) is 50.4 Å². The van der Waals surface area contributed by atoms with E-state index in [2.05, 4.69) is 17.6 Å². The Hall–Kier alpha value is -1.10. The van der Waals surface area contributed by atoms with Gasteiger partial charge in [0, 0.05) is 23.6 Å². The molecule has 2 saturated heterocycles. The number of nitrogens with one attached hydrogen (secondary N) is 2. The fraction of sp³-hybridized carbons (Fsp3) is 0.588. The number of hydrogen-bond donors (Lipinski definition) is 2. The van der Waals surface area contributed by atoms with Gasteiger partial charge in [0.1, 0.15) is 6.10 Å². The van der Waals surface area contributed by atoms with Crippen LogP contribution in [0.3, 0.4) is 0 Å². The lowest BCUT2D eigenvalue weighted by Gasteiger charge is -2.29. The van der Waals surface area contributed by atoms with Crippen LogP contribution in [-0.2, 0) is 9.53 Å². The molecule has 0 aliphatic carbocycles. The third-order valence-electron chi connectivity index (χ3n) is 4.61. The molecule has 0 bridgehead atoms. The van der Waals surface area contributed by atoms with Crippen molar-refractivity contribution in [1.29, 1.82) is 0 Å². The number of carbonyl (C=O) groups is 1. The highest BCUT2D eigenvalue weighted by Crippen LogP contribution is 2.30. The highest BCUT2D eigenvalue weighted by atomic mass is 35.5. The first kappa shape index (κ1) is 15.8. The van der Waals surface area contributed by atoms with Gasteiger partial charge in [-0.3, -0.25) is 4.79 Å². The van der Waals surface area contributed by atoms with Crippen molar-refractivity contribution in [1.82, 2.24) is 10.6 Å². The molecule has 2 aliphatic rings. The van der Waals surface area contributed by atoms with Crippen LogP contribution in [0, 0.1) is 5.92 Å². The highest BCUT2D eigenvalue weighted by molar-refractivity contribution is 6.30. The van der Waals surface area contributed by atoms with Crippen molar-refractivity contribution in [3.63, 3.8) is 0 Å². The van der Waals surface area contributed by atoms with Crippen LogP contribution in [0.15, 0.2) is 24.3 Å². The Kier molecular flexibility index (Phi) is 5.01. The fourth-order valence-corrected chi connectivity index (χ4v) is 3.51. The lowest BCUT2D eigenvalue weighted by atomic mass is 9.91. The summed E-state index contributed by atoms with van der Waals surface area (Å²) in [7, 11) is 0. The Labute approximate surface area is 136 Å². The first-order valence-corrected chi connectivity index (χ1v) is 8.42. The van der Waals surface area contributed by atoms with E-state index in [4.69, 9.17) is 16.3 Å². The number of benzene rings is 1. The van der Waals surface area contributed by atoms with Gasteiger partial charge < -0.3 is 15.4 Å². The monoisotopic (exact) mass is 322 g/mol. The van der Waals surface area contributed by atoms with Crippen LogP contribution in [0.4, 0.5) is 0 Å². The quantitative estimate of drug-likeness (QED) is 0.899. The lowest BCUT2D eigenvalue weighted by molar-refractivity contribution is -0.127. The zero-order valence-corrected chi connectivity index (χ0v) is 13.6.